The molecule has 3 N–H and O–H groups in total. The van der Waals surface area contributed by atoms with Crippen molar-refractivity contribution in [2.45, 2.75) is 58.2 Å². The maximum absolute atomic E-state index is 13.2. The van der Waals surface area contributed by atoms with Crippen LogP contribution in [0.15, 0.2) is 67.0 Å². The topological polar surface area (TPSA) is 165 Å². The number of nitrogens with one attached hydrogen (secondary N) is 3. The standard InChI is InChI=1S/C40H42N9O6/c1-40(2,3)34-22-35(49(45-34)15-14-46-16-18-54-19-17-46)43-39(53)42-26-4-6-27(7-5-26)48-24-41-31-21-29(9-11-32(31)48)55-28-8-10-30-25(20-28)23-47(38(30)52)33-12-13-36(50)44-37(33)51/h4-11,21-22,24,33H,12-19,23H2,1-3H3,(H2,42,43,53)(H,44,50,51). The highest BCUT2D eigenvalue weighted by Crippen LogP contribution is 2.33. The highest BCUT2D eigenvalue weighted by molar-refractivity contribution is 6.05. The van der Waals surface area contributed by atoms with Crippen molar-refractivity contribution in [3.05, 3.63) is 89.9 Å². The minimum absolute atomic E-state index is 0.173. The van der Waals surface area contributed by atoms with Crippen LogP contribution < -0.4 is 20.7 Å². The fraction of sp³-hybridized carbons (Fsp3) is 0.350. The number of imide groups is 1. The maximum atomic E-state index is 13.2. The van der Waals surface area contributed by atoms with Gasteiger partial charge >= 0.3 is 6.03 Å². The summed E-state index contributed by atoms with van der Waals surface area (Å²) in [4.78, 5) is 58.6. The van der Waals surface area contributed by atoms with Crippen molar-refractivity contribution in [1.82, 2.24) is 34.4 Å². The first-order valence-electron chi connectivity index (χ1n) is 18.4. The number of carbonyl (C=O) groups is 4. The predicted molar refractivity (Wildman–Crippen MR) is 203 cm³/mol. The summed E-state index contributed by atoms with van der Waals surface area (Å²) in [6.07, 6.45) is 2.21. The Labute approximate surface area is 317 Å². The van der Waals surface area contributed by atoms with Gasteiger partial charge < -0.3 is 19.7 Å². The van der Waals surface area contributed by atoms with Crippen LogP contribution in [0.1, 0.15) is 55.2 Å². The number of morpholine rings is 1. The average molecular weight is 745 g/mol. The molecule has 283 valence electrons. The molecule has 1 atom stereocenters. The zero-order valence-electron chi connectivity index (χ0n) is 30.9. The lowest BCUT2D eigenvalue weighted by molar-refractivity contribution is -0.136. The molecule has 0 spiro atoms. The van der Waals surface area contributed by atoms with E-state index in [1.807, 2.05) is 57.8 Å². The van der Waals surface area contributed by atoms with Gasteiger partial charge in [-0.2, -0.15) is 5.10 Å². The van der Waals surface area contributed by atoms with Gasteiger partial charge in [0.1, 0.15) is 29.7 Å². The molecule has 2 aromatic heterocycles. The number of piperidine rings is 1. The number of carbonyl (C=O) groups excluding carboxylic acids is 4. The Morgan fingerprint density at radius 3 is 2.56 bits per heavy atom. The zero-order valence-corrected chi connectivity index (χ0v) is 30.9. The molecule has 0 bridgehead atoms. The third kappa shape index (κ3) is 7.66. The van der Waals surface area contributed by atoms with Crippen LogP contribution in [-0.4, -0.2) is 91.8 Å². The first-order valence-corrected chi connectivity index (χ1v) is 18.4. The lowest BCUT2D eigenvalue weighted by atomic mass is 9.92. The fourth-order valence-corrected chi connectivity index (χ4v) is 7.02. The third-order valence-electron chi connectivity index (χ3n) is 10.1. The van der Waals surface area contributed by atoms with Crippen LogP contribution in [0.3, 0.4) is 0 Å². The van der Waals surface area contributed by atoms with Gasteiger partial charge in [0.05, 0.1) is 36.5 Å². The molecule has 5 aromatic rings. The lowest BCUT2D eigenvalue weighted by Crippen LogP contribution is -2.52. The van der Waals surface area contributed by atoms with Gasteiger partial charge in [0.2, 0.25) is 11.8 Å². The number of nitrogens with zero attached hydrogens (tertiary/aromatic N) is 6. The Kier molecular flexibility index (Phi) is 9.57. The van der Waals surface area contributed by atoms with E-state index in [1.165, 1.54) is 4.90 Å². The maximum Gasteiger partial charge on any atom is 0.324 e. The van der Waals surface area contributed by atoms with E-state index in [4.69, 9.17) is 14.6 Å². The Balaban J connectivity index is 0.903. The van der Waals surface area contributed by atoms with E-state index < -0.39 is 11.9 Å². The molecule has 5 heterocycles. The molecule has 55 heavy (non-hydrogen) atoms. The number of anilines is 2. The number of imidazole rings is 1. The number of benzene rings is 3. The van der Waals surface area contributed by atoms with Crippen LogP contribution in [0.5, 0.6) is 11.5 Å². The van der Waals surface area contributed by atoms with Gasteiger partial charge in [-0.3, -0.25) is 34.5 Å². The monoisotopic (exact) mass is 744 g/mol. The minimum Gasteiger partial charge on any atom is -0.457 e. The number of hydrogen-bond donors (Lipinski definition) is 3. The van der Waals surface area contributed by atoms with Gasteiger partial charge in [0.15, 0.2) is 0 Å². The number of amides is 5. The van der Waals surface area contributed by atoms with Crippen LogP contribution in [0.25, 0.3) is 16.7 Å². The first kappa shape index (κ1) is 35.9. The van der Waals surface area contributed by atoms with Crippen molar-refractivity contribution in [2.75, 3.05) is 43.5 Å². The van der Waals surface area contributed by atoms with Crippen LogP contribution >= 0.6 is 0 Å². The summed E-state index contributed by atoms with van der Waals surface area (Å²) in [6, 6.07) is 20.5. The number of ether oxygens (including phenoxy) is 2. The second-order valence-electron chi connectivity index (χ2n) is 14.9. The molecule has 1 unspecified atom stereocenters. The van der Waals surface area contributed by atoms with Crippen molar-refractivity contribution >= 4 is 46.3 Å². The molecule has 0 aliphatic carbocycles. The second-order valence-corrected chi connectivity index (χ2v) is 14.9. The summed E-state index contributed by atoms with van der Waals surface area (Å²) in [6.45, 7) is 11.2. The largest absolute Gasteiger partial charge is 0.457 e. The Bertz CT molecular complexity index is 2280. The van der Waals surface area contributed by atoms with Crippen LogP contribution in [0, 0.1) is 6.07 Å². The van der Waals surface area contributed by atoms with Gasteiger partial charge in [-0.25, -0.2) is 14.5 Å². The van der Waals surface area contributed by atoms with Gasteiger partial charge in [0, 0.05) is 73.2 Å². The first-order chi connectivity index (χ1) is 26.5. The SMILES string of the molecule is CC(C)(C)c1cc(NC(=O)Nc2ccc(-n3cnc4cc(Oc5[c]c6c(cc5)C(=O)N(C5CCC(=O)NC5=O)C6)ccc43)cc2)n(CCN2CCOCC2)n1. The number of aromatic nitrogens is 4. The normalized spacial score (nSPS) is 17.7. The van der Waals surface area contributed by atoms with Crippen LogP contribution in [0.4, 0.5) is 16.3 Å². The Morgan fingerprint density at radius 2 is 1.80 bits per heavy atom. The predicted octanol–water partition coefficient (Wildman–Crippen LogP) is 4.85. The van der Waals surface area contributed by atoms with Gasteiger partial charge in [-0.15, -0.1) is 0 Å². The highest BCUT2D eigenvalue weighted by atomic mass is 16.5. The molecule has 0 saturated carbocycles. The van der Waals surface area contributed by atoms with E-state index >= 15 is 0 Å². The third-order valence-corrected chi connectivity index (χ3v) is 10.1. The highest BCUT2D eigenvalue weighted by Gasteiger charge is 2.39. The smallest absolute Gasteiger partial charge is 0.324 e. The van der Waals surface area contributed by atoms with E-state index in [1.54, 1.807) is 18.5 Å². The molecule has 5 amide bonds. The molecular formula is C40H42N9O6. The van der Waals surface area contributed by atoms with E-state index in [2.05, 4.69) is 52.7 Å². The van der Waals surface area contributed by atoms with E-state index in [-0.39, 0.29) is 36.2 Å². The van der Waals surface area contributed by atoms with Gasteiger partial charge in [-0.1, -0.05) is 20.8 Å². The Morgan fingerprint density at radius 1 is 1.00 bits per heavy atom. The molecule has 3 aliphatic heterocycles. The molecule has 15 nitrogen and oxygen atoms in total. The quantitative estimate of drug-likeness (QED) is 0.179. The van der Waals surface area contributed by atoms with Gasteiger partial charge in [0.25, 0.3) is 5.91 Å². The minimum atomic E-state index is -0.695. The second kappa shape index (κ2) is 14.6. The molecule has 3 aliphatic rings. The van der Waals surface area contributed by atoms with E-state index in [0.717, 1.165) is 49.7 Å². The van der Waals surface area contributed by atoms with Crippen LogP contribution in [-0.2, 0) is 32.8 Å². The van der Waals surface area contributed by atoms with Gasteiger partial charge in [-0.05, 0) is 60.5 Å². The zero-order chi connectivity index (χ0) is 38.3. The summed E-state index contributed by atoms with van der Waals surface area (Å²) in [5.41, 5.74) is 4.88. The van der Waals surface area contributed by atoms with E-state index in [9.17, 15) is 19.2 Å². The molecule has 3 aromatic carbocycles. The van der Waals surface area contributed by atoms with E-state index in [0.29, 0.717) is 52.6 Å². The summed E-state index contributed by atoms with van der Waals surface area (Å²) in [5.74, 6) is 0.563. The van der Waals surface area contributed by atoms with Crippen LogP contribution in [0.2, 0.25) is 0 Å². The Hall–Kier alpha value is -6.06. The summed E-state index contributed by atoms with van der Waals surface area (Å²) in [5, 5.41) is 13.1. The summed E-state index contributed by atoms with van der Waals surface area (Å²) in [7, 11) is 0. The summed E-state index contributed by atoms with van der Waals surface area (Å²) >= 11 is 0. The van der Waals surface area contributed by atoms with Crippen molar-refractivity contribution in [3.8, 4) is 17.2 Å². The fourth-order valence-electron chi connectivity index (χ4n) is 7.02. The number of urea groups is 1. The molecular weight excluding hydrogens is 702 g/mol. The van der Waals surface area contributed by atoms with Crippen molar-refractivity contribution < 1.29 is 28.7 Å². The molecule has 2 fully saturated rings. The van der Waals surface area contributed by atoms with Crippen molar-refractivity contribution in [3.63, 3.8) is 0 Å². The molecule has 8 rings (SSSR count). The molecule has 2 saturated heterocycles. The molecule has 15 heteroatoms. The lowest BCUT2D eigenvalue weighted by Gasteiger charge is -2.29. The number of fused-ring (bicyclic) bond motifs is 2. The van der Waals surface area contributed by atoms with Crippen molar-refractivity contribution in [1.29, 1.82) is 0 Å². The number of rotatable bonds is 9. The summed E-state index contributed by atoms with van der Waals surface area (Å²) < 4.78 is 15.4. The number of hydrogen-bond acceptors (Lipinski definition) is 9. The molecule has 1 radical (unpaired) electrons. The average Bonchev–Trinajstić information content (AvgIpc) is 3.86. The van der Waals surface area contributed by atoms with Crippen molar-refractivity contribution in [2.24, 2.45) is 0 Å².